The van der Waals surface area contributed by atoms with Gasteiger partial charge in [0.2, 0.25) is 0 Å². The third-order valence-electron chi connectivity index (χ3n) is 2.21. The minimum atomic E-state index is -0.0430. The Bertz CT molecular complexity index is 338. The average Bonchev–Trinajstić information content (AvgIpc) is 2.70. The van der Waals surface area contributed by atoms with Gasteiger partial charge in [-0.15, -0.1) is 0 Å². The van der Waals surface area contributed by atoms with Crippen molar-refractivity contribution in [1.82, 2.24) is 4.90 Å². The summed E-state index contributed by atoms with van der Waals surface area (Å²) >= 11 is 6.55. The summed E-state index contributed by atoms with van der Waals surface area (Å²) < 4.78 is 5.85. The first kappa shape index (κ1) is 13.8. The Kier molecular flexibility index (Phi) is 6.13. The number of nitrogens with zero attached hydrogens (tertiary/aromatic N) is 1. The van der Waals surface area contributed by atoms with Crippen molar-refractivity contribution in [1.29, 1.82) is 0 Å². The maximum Gasteiger partial charge on any atom is 0.289 e. The molecule has 1 aromatic heterocycles. The van der Waals surface area contributed by atoms with Gasteiger partial charge in [-0.25, -0.2) is 0 Å². The number of hydrogen-bond acceptors (Lipinski definition) is 2. The van der Waals surface area contributed by atoms with E-state index >= 15 is 0 Å². The van der Waals surface area contributed by atoms with Crippen LogP contribution in [0.2, 0.25) is 0 Å². The van der Waals surface area contributed by atoms with Gasteiger partial charge >= 0.3 is 0 Å². The molecule has 0 aliphatic heterocycles. The molecular weight excluding hydrogens is 338 g/mol. The first-order valence-corrected chi connectivity index (χ1v) is 7.21. The number of carbonyl (C=O) groups excluding carboxylic acids is 1. The summed E-state index contributed by atoms with van der Waals surface area (Å²) in [5.74, 6) is 0.350. The Labute approximate surface area is 112 Å². The molecule has 0 aliphatic rings. The van der Waals surface area contributed by atoms with Crippen LogP contribution in [0.25, 0.3) is 0 Å². The second-order valence-electron chi connectivity index (χ2n) is 3.44. The molecule has 1 heterocycles. The molecular formula is C11H15Br2NO2. The highest BCUT2D eigenvalue weighted by molar-refractivity contribution is 9.10. The molecule has 0 aromatic carbocycles. The van der Waals surface area contributed by atoms with Crippen molar-refractivity contribution in [2.45, 2.75) is 19.8 Å². The van der Waals surface area contributed by atoms with Crippen molar-refractivity contribution in [2.24, 2.45) is 0 Å². The maximum atomic E-state index is 12.0. The normalized spacial score (nSPS) is 10.4. The number of furan rings is 1. The standard InChI is InChI=1S/C11H15Br2NO2/c1-2-3-7-14(8-6-12)11(15)9-4-5-10(13)16-9/h4-5H,2-3,6-8H2,1H3. The van der Waals surface area contributed by atoms with E-state index in [1.807, 2.05) is 4.90 Å². The van der Waals surface area contributed by atoms with Gasteiger partial charge in [-0.2, -0.15) is 0 Å². The summed E-state index contributed by atoms with van der Waals surface area (Å²) in [7, 11) is 0. The first-order valence-electron chi connectivity index (χ1n) is 5.29. The molecule has 90 valence electrons. The Balaban J connectivity index is 2.66. The summed E-state index contributed by atoms with van der Waals surface area (Å²) in [6.07, 6.45) is 2.09. The molecule has 3 nitrogen and oxygen atoms in total. The Hall–Kier alpha value is -0.290. The van der Waals surface area contributed by atoms with Crippen molar-refractivity contribution in [2.75, 3.05) is 18.4 Å². The minimum absolute atomic E-state index is 0.0430. The molecule has 0 fully saturated rings. The molecule has 1 rings (SSSR count). The Morgan fingerprint density at radius 1 is 1.44 bits per heavy atom. The molecule has 0 unspecified atom stereocenters. The summed E-state index contributed by atoms with van der Waals surface area (Å²) in [6, 6.07) is 3.43. The highest BCUT2D eigenvalue weighted by Crippen LogP contribution is 2.16. The van der Waals surface area contributed by atoms with E-state index in [4.69, 9.17) is 4.42 Å². The monoisotopic (exact) mass is 351 g/mol. The van der Waals surface area contributed by atoms with Crippen LogP contribution in [0.5, 0.6) is 0 Å². The smallest absolute Gasteiger partial charge is 0.289 e. The van der Waals surface area contributed by atoms with Crippen LogP contribution in [0.15, 0.2) is 21.2 Å². The Morgan fingerprint density at radius 3 is 2.69 bits per heavy atom. The van der Waals surface area contributed by atoms with Gasteiger partial charge in [-0.1, -0.05) is 29.3 Å². The van der Waals surface area contributed by atoms with E-state index in [0.717, 1.165) is 24.7 Å². The third kappa shape index (κ3) is 3.94. The van der Waals surface area contributed by atoms with E-state index < -0.39 is 0 Å². The van der Waals surface area contributed by atoms with Gasteiger partial charge in [-0.3, -0.25) is 4.79 Å². The van der Waals surface area contributed by atoms with E-state index in [0.29, 0.717) is 17.0 Å². The van der Waals surface area contributed by atoms with Gasteiger partial charge in [0.05, 0.1) is 0 Å². The highest BCUT2D eigenvalue weighted by atomic mass is 79.9. The molecule has 16 heavy (non-hydrogen) atoms. The number of carbonyl (C=O) groups is 1. The minimum Gasteiger partial charge on any atom is -0.444 e. The molecule has 1 aromatic rings. The molecule has 0 N–H and O–H groups in total. The number of halogens is 2. The molecule has 1 amide bonds. The lowest BCUT2D eigenvalue weighted by Crippen LogP contribution is -2.33. The van der Waals surface area contributed by atoms with Gasteiger partial charge in [0.25, 0.3) is 5.91 Å². The van der Waals surface area contributed by atoms with Crippen LogP contribution in [0, 0.1) is 0 Å². The van der Waals surface area contributed by atoms with E-state index in [9.17, 15) is 4.79 Å². The second kappa shape index (κ2) is 7.12. The fourth-order valence-corrected chi connectivity index (χ4v) is 2.09. The quantitative estimate of drug-likeness (QED) is 0.732. The highest BCUT2D eigenvalue weighted by Gasteiger charge is 2.17. The number of hydrogen-bond donors (Lipinski definition) is 0. The van der Waals surface area contributed by atoms with Gasteiger partial charge in [0, 0.05) is 18.4 Å². The average molecular weight is 353 g/mol. The Morgan fingerprint density at radius 2 is 2.19 bits per heavy atom. The van der Waals surface area contributed by atoms with Crippen LogP contribution >= 0.6 is 31.9 Å². The number of amides is 1. The van der Waals surface area contributed by atoms with Crippen molar-refractivity contribution >= 4 is 37.8 Å². The molecule has 0 saturated carbocycles. The number of rotatable bonds is 6. The van der Waals surface area contributed by atoms with Crippen LogP contribution in [0.1, 0.15) is 30.3 Å². The zero-order chi connectivity index (χ0) is 12.0. The fourth-order valence-electron chi connectivity index (χ4n) is 1.35. The molecule has 0 bridgehead atoms. The zero-order valence-electron chi connectivity index (χ0n) is 9.21. The predicted molar refractivity (Wildman–Crippen MR) is 71.0 cm³/mol. The van der Waals surface area contributed by atoms with Gasteiger partial charge in [0.1, 0.15) is 0 Å². The topological polar surface area (TPSA) is 33.5 Å². The number of unbranched alkanes of at least 4 members (excludes halogenated alkanes) is 1. The van der Waals surface area contributed by atoms with Crippen molar-refractivity contribution in [3.8, 4) is 0 Å². The van der Waals surface area contributed by atoms with Gasteiger partial charge < -0.3 is 9.32 Å². The van der Waals surface area contributed by atoms with E-state index in [2.05, 4.69) is 38.8 Å². The summed E-state index contributed by atoms with van der Waals surface area (Å²) in [5.41, 5.74) is 0. The number of alkyl halides is 1. The molecule has 0 spiro atoms. The van der Waals surface area contributed by atoms with Crippen LogP contribution in [0.3, 0.4) is 0 Å². The summed E-state index contributed by atoms with van der Waals surface area (Å²) in [4.78, 5) is 13.9. The van der Waals surface area contributed by atoms with Gasteiger partial charge in [-0.05, 0) is 34.5 Å². The maximum absolute atomic E-state index is 12.0. The van der Waals surface area contributed by atoms with Crippen LogP contribution < -0.4 is 0 Å². The van der Waals surface area contributed by atoms with E-state index in [1.54, 1.807) is 12.1 Å². The second-order valence-corrected chi connectivity index (χ2v) is 5.01. The SMILES string of the molecule is CCCCN(CCBr)C(=O)c1ccc(Br)o1. The molecule has 0 aliphatic carbocycles. The zero-order valence-corrected chi connectivity index (χ0v) is 12.4. The molecule has 0 radical (unpaired) electrons. The van der Waals surface area contributed by atoms with Crippen molar-refractivity contribution in [3.05, 3.63) is 22.6 Å². The van der Waals surface area contributed by atoms with E-state index in [-0.39, 0.29) is 5.91 Å². The fraction of sp³-hybridized carbons (Fsp3) is 0.545. The summed E-state index contributed by atoms with van der Waals surface area (Å²) in [5, 5.41) is 0.782. The lowest BCUT2D eigenvalue weighted by molar-refractivity contribution is 0.0731. The van der Waals surface area contributed by atoms with Crippen molar-refractivity contribution < 1.29 is 9.21 Å². The molecule has 0 saturated heterocycles. The largest absolute Gasteiger partial charge is 0.444 e. The van der Waals surface area contributed by atoms with Crippen LogP contribution in [0.4, 0.5) is 0 Å². The predicted octanol–water partition coefficient (Wildman–Crippen LogP) is 3.68. The lowest BCUT2D eigenvalue weighted by atomic mass is 10.3. The van der Waals surface area contributed by atoms with E-state index in [1.165, 1.54) is 0 Å². The van der Waals surface area contributed by atoms with Crippen LogP contribution in [-0.4, -0.2) is 29.2 Å². The third-order valence-corrected chi connectivity index (χ3v) is 2.99. The van der Waals surface area contributed by atoms with Gasteiger partial charge in [0.15, 0.2) is 10.4 Å². The first-order chi connectivity index (χ1) is 7.69. The van der Waals surface area contributed by atoms with Crippen molar-refractivity contribution in [3.63, 3.8) is 0 Å². The molecule has 5 heteroatoms. The lowest BCUT2D eigenvalue weighted by Gasteiger charge is -2.20. The van der Waals surface area contributed by atoms with Crippen LogP contribution in [-0.2, 0) is 0 Å². The molecule has 0 atom stereocenters. The summed E-state index contributed by atoms with van der Waals surface area (Å²) in [6.45, 7) is 3.59.